The van der Waals surface area contributed by atoms with E-state index in [1.165, 1.54) is 6.92 Å². The van der Waals surface area contributed by atoms with Gasteiger partial charge in [0.05, 0.1) is 0 Å². The number of nitrogens with zero attached hydrogens (tertiary/aromatic N) is 1. The summed E-state index contributed by atoms with van der Waals surface area (Å²) in [6, 6.07) is 13.2. The van der Waals surface area contributed by atoms with Crippen LogP contribution in [0.2, 0.25) is 0 Å². The number of carbonyl (C=O) groups excluding carboxylic acids is 2. The van der Waals surface area contributed by atoms with Crippen LogP contribution in [0.5, 0.6) is 11.5 Å². The normalized spacial score (nSPS) is 11.9. The van der Waals surface area contributed by atoms with Crippen LogP contribution in [-0.2, 0) is 16.1 Å². The van der Waals surface area contributed by atoms with Gasteiger partial charge in [-0.15, -0.1) is 0 Å². The molecule has 0 aromatic heterocycles. The summed E-state index contributed by atoms with van der Waals surface area (Å²) in [4.78, 5) is 25.8. The van der Waals surface area contributed by atoms with Crippen LogP contribution in [0.3, 0.4) is 0 Å². The molecule has 2 aromatic carbocycles. The molecule has 136 valence electrons. The Balaban J connectivity index is 1.56. The topological polar surface area (TPSA) is 67.9 Å². The molecule has 1 aliphatic rings. The summed E-state index contributed by atoms with van der Waals surface area (Å²) in [7, 11) is 0. The van der Waals surface area contributed by atoms with Gasteiger partial charge in [-0.05, 0) is 42.3 Å². The van der Waals surface area contributed by atoms with Gasteiger partial charge in [-0.1, -0.05) is 18.2 Å². The van der Waals surface area contributed by atoms with Gasteiger partial charge in [-0.25, -0.2) is 0 Å². The summed E-state index contributed by atoms with van der Waals surface area (Å²) in [6.45, 7) is 4.46. The zero-order chi connectivity index (χ0) is 18.5. The third-order valence-corrected chi connectivity index (χ3v) is 4.17. The molecule has 0 radical (unpaired) electrons. The predicted octanol–water partition coefficient (Wildman–Crippen LogP) is 3.10. The van der Waals surface area contributed by atoms with E-state index < -0.39 is 0 Å². The second-order valence-electron chi connectivity index (χ2n) is 6.30. The van der Waals surface area contributed by atoms with Crippen LogP contribution in [0.15, 0.2) is 42.5 Å². The van der Waals surface area contributed by atoms with Crippen molar-refractivity contribution in [1.29, 1.82) is 0 Å². The van der Waals surface area contributed by atoms with Crippen molar-refractivity contribution < 1.29 is 19.1 Å². The van der Waals surface area contributed by atoms with Gasteiger partial charge in [0, 0.05) is 32.1 Å². The highest BCUT2D eigenvalue weighted by atomic mass is 16.7. The third-order valence-electron chi connectivity index (χ3n) is 4.17. The Labute approximate surface area is 152 Å². The number of hydrogen-bond acceptors (Lipinski definition) is 4. The molecule has 1 aliphatic heterocycles. The van der Waals surface area contributed by atoms with Crippen molar-refractivity contribution in [2.45, 2.75) is 26.8 Å². The maximum absolute atomic E-state index is 12.2. The summed E-state index contributed by atoms with van der Waals surface area (Å²) in [6.07, 6.45) is 0.234. The zero-order valence-corrected chi connectivity index (χ0v) is 15.0. The van der Waals surface area contributed by atoms with Crippen LogP contribution in [0.1, 0.15) is 24.5 Å². The SMILES string of the molecule is CC(=O)N(CCC(=O)Nc1cccc(C)c1)Cc1ccc2c(c1)OCO2. The highest BCUT2D eigenvalue weighted by Gasteiger charge is 2.16. The number of nitrogens with one attached hydrogen (secondary N) is 1. The third kappa shape index (κ3) is 4.53. The molecular weight excluding hydrogens is 332 g/mol. The second-order valence-corrected chi connectivity index (χ2v) is 6.30. The fraction of sp³-hybridized carbons (Fsp3) is 0.300. The minimum absolute atomic E-state index is 0.0778. The Morgan fingerprint density at radius 2 is 1.92 bits per heavy atom. The fourth-order valence-corrected chi connectivity index (χ4v) is 2.79. The molecule has 0 aliphatic carbocycles. The first-order valence-corrected chi connectivity index (χ1v) is 8.52. The van der Waals surface area contributed by atoms with Crippen LogP contribution in [-0.4, -0.2) is 30.1 Å². The van der Waals surface area contributed by atoms with Crippen LogP contribution >= 0.6 is 0 Å². The van der Waals surface area contributed by atoms with Gasteiger partial charge >= 0.3 is 0 Å². The number of ether oxygens (including phenoxy) is 2. The van der Waals surface area contributed by atoms with E-state index in [1.807, 2.05) is 49.4 Å². The molecule has 6 heteroatoms. The van der Waals surface area contributed by atoms with E-state index in [2.05, 4.69) is 5.32 Å². The lowest BCUT2D eigenvalue weighted by atomic mass is 10.2. The largest absolute Gasteiger partial charge is 0.454 e. The van der Waals surface area contributed by atoms with Gasteiger partial charge in [0.25, 0.3) is 0 Å². The van der Waals surface area contributed by atoms with E-state index in [4.69, 9.17) is 9.47 Å². The number of benzene rings is 2. The van der Waals surface area contributed by atoms with Gasteiger partial charge in [-0.3, -0.25) is 9.59 Å². The Kier molecular flexibility index (Phi) is 5.41. The van der Waals surface area contributed by atoms with Gasteiger partial charge in [-0.2, -0.15) is 0 Å². The molecule has 0 saturated heterocycles. The van der Waals surface area contributed by atoms with Crippen LogP contribution in [0.25, 0.3) is 0 Å². The summed E-state index contributed by atoms with van der Waals surface area (Å²) in [5.41, 5.74) is 2.78. The quantitative estimate of drug-likeness (QED) is 0.865. The summed E-state index contributed by atoms with van der Waals surface area (Å²) in [5.74, 6) is 1.20. The van der Waals surface area contributed by atoms with Gasteiger partial charge in [0.15, 0.2) is 11.5 Å². The molecule has 2 amide bonds. The molecule has 1 heterocycles. The molecule has 26 heavy (non-hydrogen) atoms. The molecule has 0 fully saturated rings. The number of hydrogen-bond donors (Lipinski definition) is 1. The van der Waals surface area contributed by atoms with Crippen molar-refractivity contribution >= 4 is 17.5 Å². The van der Waals surface area contributed by atoms with Gasteiger partial charge in [0.2, 0.25) is 18.6 Å². The minimum Gasteiger partial charge on any atom is -0.454 e. The van der Waals surface area contributed by atoms with E-state index in [0.29, 0.717) is 24.6 Å². The van der Waals surface area contributed by atoms with Gasteiger partial charge < -0.3 is 19.7 Å². The van der Waals surface area contributed by atoms with Crippen LogP contribution in [0, 0.1) is 6.92 Å². The standard InChI is InChI=1S/C20H22N2O4/c1-14-4-3-5-17(10-14)21-20(24)8-9-22(15(2)23)12-16-6-7-18-19(11-16)26-13-25-18/h3-7,10-11H,8-9,12-13H2,1-2H3,(H,21,24). The first-order valence-electron chi connectivity index (χ1n) is 8.52. The Morgan fingerprint density at radius 1 is 1.12 bits per heavy atom. The molecule has 0 atom stereocenters. The number of rotatable bonds is 6. The predicted molar refractivity (Wildman–Crippen MR) is 98.1 cm³/mol. The Bertz CT molecular complexity index is 819. The van der Waals surface area contributed by atoms with Crippen molar-refractivity contribution in [2.24, 2.45) is 0 Å². The first-order chi connectivity index (χ1) is 12.5. The minimum atomic E-state index is -0.118. The number of fused-ring (bicyclic) bond motifs is 1. The van der Waals surface area contributed by atoms with Crippen LogP contribution in [0.4, 0.5) is 5.69 Å². The molecule has 0 saturated carbocycles. The molecule has 6 nitrogen and oxygen atoms in total. The maximum atomic E-state index is 12.2. The fourth-order valence-electron chi connectivity index (χ4n) is 2.79. The van der Waals surface area contributed by atoms with Crippen molar-refractivity contribution in [3.63, 3.8) is 0 Å². The van der Waals surface area contributed by atoms with E-state index in [-0.39, 0.29) is 25.0 Å². The molecule has 0 spiro atoms. The van der Waals surface area contributed by atoms with Crippen LogP contribution < -0.4 is 14.8 Å². The van der Waals surface area contributed by atoms with E-state index in [0.717, 1.165) is 16.8 Å². The summed E-state index contributed by atoms with van der Waals surface area (Å²) < 4.78 is 10.7. The Morgan fingerprint density at radius 3 is 2.69 bits per heavy atom. The average Bonchev–Trinajstić information content (AvgIpc) is 3.06. The first kappa shape index (κ1) is 17.8. The van der Waals surface area contributed by atoms with Crippen molar-refractivity contribution in [3.8, 4) is 11.5 Å². The van der Waals surface area contributed by atoms with E-state index in [9.17, 15) is 9.59 Å². The lowest BCUT2D eigenvalue weighted by molar-refractivity contribution is -0.129. The summed E-state index contributed by atoms with van der Waals surface area (Å²) in [5, 5.41) is 2.86. The maximum Gasteiger partial charge on any atom is 0.231 e. The molecule has 2 aromatic rings. The lowest BCUT2D eigenvalue weighted by Crippen LogP contribution is -2.31. The average molecular weight is 354 g/mol. The lowest BCUT2D eigenvalue weighted by Gasteiger charge is -2.21. The molecule has 0 unspecified atom stereocenters. The van der Waals surface area contributed by atoms with E-state index >= 15 is 0 Å². The van der Waals surface area contributed by atoms with Crippen molar-refractivity contribution in [2.75, 3.05) is 18.7 Å². The number of amides is 2. The summed E-state index contributed by atoms with van der Waals surface area (Å²) >= 11 is 0. The Hall–Kier alpha value is -3.02. The van der Waals surface area contributed by atoms with Gasteiger partial charge in [0.1, 0.15) is 0 Å². The molecule has 1 N–H and O–H groups in total. The molecular formula is C20H22N2O4. The smallest absolute Gasteiger partial charge is 0.231 e. The monoisotopic (exact) mass is 354 g/mol. The number of anilines is 1. The van der Waals surface area contributed by atoms with E-state index in [1.54, 1.807) is 4.90 Å². The zero-order valence-electron chi connectivity index (χ0n) is 15.0. The molecule has 3 rings (SSSR count). The van der Waals surface area contributed by atoms with Crippen molar-refractivity contribution in [3.05, 3.63) is 53.6 Å². The highest BCUT2D eigenvalue weighted by molar-refractivity contribution is 5.91. The second kappa shape index (κ2) is 7.91. The number of aryl methyl sites for hydroxylation is 1. The molecule has 0 bridgehead atoms. The highest BCUT2D eigenvalue weighted by Crippen LogP contribution is 2.32. The van der Waals surface area contributed by atoms with Crippen molar-refractivity contribution in [1.82, 2.24) is 4.90 Å². The number of carbonyl (C=O) groups is 2.